The normalized spacial score (nSPS) is 12.1. The predicted molar refractivity (Wildman–Crippen MR) is 127 cm³/mol. The zero-order valence-electron chi connectivity index (χ0n) is 18.2. The summed E-state index contributed by atoms with van der Waals surface area (Å²) in [6.45, 7) is 1.71. The van der Waals surface area contributed by atoms with Crippen molar-refractivity contribution in [2.75, 3.05) is 12.4 Å². The number of alkyl halides is 3. The van der Waals surface area contributed by atoms with Crippen LogP contribution in [0.2, 0.25) is 5.02 Å². The van der Waals surface area contributed by atoms with Gasteiger partial charge in [-0.25, -0.2) is 0 Å². The van der Waals surface area contributed by atoms with Crippen LogP contribution in [0.15, 0.2) is 77.4 Å². The van der Waals surface area contributed by atoms with E-state index in [2.05, 4.69) is 5.32 Å². The number of nitrogens with one attached hydrogen (secondary N) is 1. The number of fused-ring (bicyclic) bond motifs is 1. The van der Waals surface area contributed by atoms with E-state index >= 15 is 0 Å². The van der Waals surface area contributed by atoms with Gasteiger partial charge in [-0.15, -0.1) is 0 Å². The van der Waals surface area contributed by atoms with Gasteiger partial charge in [-0.3, -0.25) is 4.79 Å². The van der Waals surface area contributed by atoms with Gasteiger partial charge in [0.05, 0.1) is 29.6 Å². The predicted octanol–water partition coefficient (Wildman–Crippen LogP) is 7.82. The van der Waals surface area contributed by atoms with Crippen LogP contribution in [0.25, 0.3) is 27.7 Å². The molecule has 34 heavy (non-hydrogen) atoms. The lowest BCUT2D eigenvalue weighted by Crippen LogP contribution is -2.11. The van der Waals surface area contributed by atoms with Crippen LogP contribution in [0, 0.1) is 0 Å². The smallest absolute Gasteiger partial charge is 0.416 e. The van der Waals surface area contributed by atoms with Crippen LogP contribution in [0.3, 0.4) is 0 Å². The summed E-state index contributed by atoms with van der Waals surface area (Å²) in [5, 5.41) is 3.25. The van der Waals surface area contributed by atoms with Gasteiger partial charge < -0.3 is 14.5 Å². The van der Waals surface area contributed by atoms with Gasteiger partial charge >= 0.3 is 6.18 Å². The van der Waals surface area contributed by atoms with Crippen LogP contribution in [0.1, 0.15) is 18.1 Å². The molecule has 0 atom stereocenters. The fourth-order valence-corrected chi connectivity index (χ4v) is 3.78. The average Bonchev–Trinajstić information content (AvgIpc) is 3.22. The number of anilines is 1. The van der Waals surface area contributed by atoms with Crippen LogP contribution in [0.5, 0.6) is 5.75 Å². The van der Waals surface area contributed by atoms with E-state index in [-0.39, 0.29) is 10.7 Å². The minimum Gasteiger partial charge on any atom is -0.496 e. The first kappa shape index (κ1) is 23.4. The van der Waals surface area contributed by atoms with Crippen molar-refractivity contribution in [1.29, 1.82) is 0 Å². The molecule has 0 fully saturated rings. The Balaban J connectivity index is 1.69. The second-order valence-corrected chi connectivity index (χ2v) is 7.98. The van der Waals surface area contributed by atoms with Gasteiger partial charge in [0.25, 0.3) is 0 Å². The van der Waals surface area contributed by atoms with Crippen molar-refractivity contribution in [3.8, 4) is 16.9 Å². The van der Waals surface area contributed by atoms with Gasteiger partial charge in [0, 0.05) is 28.7 Å². The zero-order chi connectivity index (χ0) is 24.5. The third-order valence-electron chi connectivity index (χ3n) is 5.30. The lowest BCUT2D eigenvalue weighted by Gasteiger charge is -2.12. The Morgan fingerprint density at radius 1 is 1.09 bits per heavy atom. The minimum absolute atomic E-state index is 0.00250. The quantitative estimate of drug-likeness (QED) is 0.293. The van der Waals surface area contributed by atoms with Gasteiger partial charge in [-0.2, -0.15) is 13.2 Å². The fraction of sp³-hybridized carbons (Fsp3) is 0.115. The fourth-order valence-electron chi connectivity index (χ4n) is 3.61. The Bertz CT molecular complexity index is 1390. The van der Waals surface area contributed by atoms with Crippen molar-refractivity contribution in [2.24, 2.45) is 0 Å². The first-order valence-corrected chi connectivity index (χ1v) is 10.6. The van der Waals surface area contributed by atoms with E-state index in [0.717, 1.165) is 34.7 Å². The highest BCUT2D eigenvalue weighted by atomic mass is 35.5. The van der Waals surface area contributed by atoms with Crippen molar-refractivity contribution < 1.29 is 27.1 Å². The molecule has 0 aliphatic rings. The highest BCUT2D eigenvalue weighted by Crippen LogP contribution is 2.38. The summed E-state index contributed by atoms with van der Waals surface area (Å²) in [6.07, 6.45) is -1.62. The largest absolute Gasteiger partial charge is 0.496 e. The van der Waals surface area contributed by atoms with Crippen LogP contribution < -0.4 is 10.1 Å². The maximum atomic E-state index is 13.0. The molecule has 0 aliphatic carbocycles. The SMILES string of the molecule is COc1cc2occ(-c3ccccc3)c2cc1/C(C)=C/C(=O)Nc1cc(C(F)(F)F)ccc1Cl. The zero-order valence-corrected chi connectivity index (χ0v) is 18.9. The average molecular weight is 486 g/mol. The van der Waals surface area contributed by atoms with E-state index in [9.17, 15) is 18.0 Å². The highest BCUT2D eigenvalue weighted by molar-refractivity contribution is 6.33. The number of amides is 1. The molecule has 8 heteroatoms. The number of halogens is 4. The number of methoxy groups -OCH3 is 1. The van der Waals surface area contributed by atoms with Crippen molar-refractivity contribution in [3.05, 3.63) is 89.2 Å². The van der Waals surface area contributed by atoms with E-state index < -0.39 is 17.6 Å². The van der Waals surface area contributed by atoms with Crippen LogP contribution in [-0.2, 0) is 11.0 Å². The third kappa shape index (κ3) is 4.79. The molecule has 0 aliphatic heterocycles. The molecule has 3 aromatic carbocycles. The molecule has 0 saturated heterocycles. The maximum Gasteiger partial charge on any atom is 0.416 e. The number of hydrogen-bond donors (Lipinski definition) is 1. The molecule has 1 aromatic heterocycles. The van der Waals surface area contributed by atoms with Gasteiger partial charge in [0.15, 0.2) is 0 Å². The van der Waals surface area contributed by atoms with Gasteiger partial charge in [-0.05, 0) is 42.3 Å². The van der Waals surface area contributed by atoms with Gasteiger partial charge in [0.2, 0.25) is 5.91 Å². The first-order valence-electron chi connectivity index (χ1n) is 10.2. The van der Waals surface area contributed by atoms with Crippen molar-refractivity contribution in [1.82, 2.24) is 0 Å². The summed E-state index contributed by atoms with van der Waals surface area (Å²) in [7, 11) is 1.50. The molecule has 0 spiro atoms. The summed E-state index contributed by atoms with van der Waals surface area (Å²) in [4.78, 5) is 12.6. The lowest BCUT2D eigenvalue weighted by atomic mass is 9.99. The van der Waals surface area contributed by atoms with E-state index in [4.69, 9.17) is 20.8 Å². The van der Waals surface area contributed by atoms with Crippen molar-refractivity contribution >= 4 is 39.7 Å². The first-order chi connectivity index (χ1) is 16.2. The van der Waals surface area contributed by atoms with Crippen molar-refractivity contribution in [3.63, 3.8) is 0 Å². The third-order valence-corrected chi connectivity index (χ3v) is 5.63. The molecule has 4 rings (SSSR count). The van der Waals surface area contributed by atoms with Crippen LogP contribution in [0.4, 0.5) is 18.9 Å². The van der Waals surface area contributed by atoms with Gasteiger partial charge in [0.1, 0.15) is 11.3 Å². The molecule has 1 amide bonds. The summed E-state index contributed by atoms with van der Waals surface area (Å²) >= 11 is 5.99. The number of hydrogen-bond acceptors (Lipinski definition) is 3. The summed E-state index contributed by atoms with van der Waals surface area (Å²) < 4.78 is 50.2. The summed E-state index contributed by atoms with van der Waals surface area (Å²) in [6, 6.07) is 16.0. The molecule has 1 heterocycles. The Kier molecular flexibility index (Phi) is 6.39. The molecule has 0 unspecified atom stereocenters. The lowest BCUT2D eigenvalue weighted by molar-refractivity contribution is -0.137. The molecule has 0 radical (unpaired) electrons. The van der Waals surface area contributed by atoms with Crippen LogP contribution >= 0.6 is 11.6 Å². The van der Waals surface area contributed by atoms with Crippen LogP contribution in [-0.4, -0.2) is 13.0 Å². The Labute approximate surface area is 198 Å². The maximum absolute atomic E-state index is 13.0. The van der Waals surface area contributed by atoms with Crippen molar-refractivity contribution in [2.45, 2.75) is 13.1 Å². The van der Waals surface area contributed by atoms with E-state index in [1.807, 2.05) is 36.4 Å². The van der Waals surface area contributed by atoms with E-state index in [0.29, 0.717) is 22.5 Å². The molecule has 1 N–H and O–H groups in total. The number of carbonyl (C=O) groups is 1. The topological polar surface area (TPSA) is 51.5 Å². The Morgan fingerprint density at radius 2 is 1.82 bits per heavy atom. The number of benzene rings is 3. The van der Waals surface area contributed by atoms with E-state index in [1.165, 1.54) is 13.2 Å². The number of allylic oxidation sites excluding steroid dienone is 1. The molecule has 0 bridgehead atoms. The molecular weight excluding hydrogens is 467 g/mol. The second kappa shape index (κ2) is 9.27. The van der Waals surface area contributed by atoms with E-state index in [1.54, 1.807) is 19.3 Å². The standard InChI is InChI=1S/C26H19ClF3NO3/c1-15(10-25(32)31-22-11-17(26(28,29)30)8-9-21(22)27)18-12-19-20(16-6-4-3-5-7-16)14-34-24(19)13-23(18)33-2/h3-14H,1-2H3,(H,31,32)/b15-10+. The molecule has 4 nitrogen and oxygen atoms in total. The Morgan fingerprint density at radius 3 is 2.50 bits per heavy atom. The Hall–Kier alpha value is -3.71. The molecule has 0 saturated carbocycles. The molecule has 4 aromatic rings. The molecule has 174 valence electrons. The van der Waals surface area contributed by atoms with Gasteiger partial charge in [-0.1, -0.05) is 41.9 Å². The molecular formula is C26H19ClF3NO3. The number of ether oxygens (including phenoxy) is 1. The number of rotatable bonds is 5. The monoisotopic (exact) mass is 485 g/mol. The number of carbonyl (C=O) groups excluding carboxylic acids is 1. The minimum atomic E-state index is -4.56. The summed E-state index contributed by atoms with van der Waals surface area (Å²) in [5.41, 5.74) is 2.61. The second-order valence-electron chi connectivity index (χ2n) is 7.57. The highest BCUT2D eigenvalue weighted by Gasteiger charge is 2.31. The summed E-state index contributed by atoms with van der Waals surface area (Å²) in [5.74, 6) is -0.142. The number of furan rings is 1.